The highest BCUT2D eigenvalue weighted by Gasteiger charge is 2.15. The first kappa shape index (κ1) is 13.4. The maximum atomic E-state index is 12.4. The third-order valence-electron chi connectivity index (χ3n) is 3.05. The van der Waals surface area contributed by atoms with Crippen molar-refractivity contribution in [2.45, 2.75) is 0 Å². The number of carbonyl (C=O) groups excluding carboxylic acids is 1. The summed E-state index contributed by atoms with van der Waals surface area (Å²) in [6.45, 7) is 0. The van der Waals surface area contributed by atoms with Crippen LogP contribution < -0.4 is 0 Å². The van der Waals surface area contributed by atoms with Crippen LogP contribution in [0.25, 0.3) is 10.9 Å². The van der Waals surface area contributed by atoms with Crippen LogP contribution in [0.3, 0.4) is 0 Å². The Morgan fingerprint density at radius 1 is 1.19 bits per heavy atom. The summed E-state index contributed by atoms with van der Waals surface area (Å²) < 4.78 is 2.03. The highest BCUT2D eigenvalue weighted by molar-refractivity contribution is 9.10. The van der Waals surface area contributed by atoms with E-state index in [1.807, 2.05) is 0 Å². The van der Waals surface area contributed by atoms with Crippen molar-refractivity contribution in [3.63, 3.8) is 0 Å². The number of nitro groups is 1. The zero-order valence-electron chi connectivity index (χ0n) is 10.6. The minimum absolute atomic E-state index is 0.0761. The fourth-order valence-electron chi connectivity index (χ4n) is 2.00. The van der Waals surface area contributed by atoms with Crippen molar-refractivity contribution in [3.05, 3.63) is 68.8 Å². The van der Waals surface area contributed by atoms with E-state index in [1.54, 1.807) is 30.3 Å². The van der Waals surface area contributed by atoms with Crippen LogP contribution in [0, 0.1) is 10.1 Å². The largest absolute Gasteiger partial charge is 0.278 e. The number of halogens is 1. The van der Waals surface area contributed by atoms with Gasteiger partial charge in [0.2, 0.25) is 0 Å². The molecule has 0 unspecified atom stereocenters. The fourth-order valence-corrected chi connectivity index (χ4v) is 2.26. The summed E-state index contributed by atoms with van der Waals surface area (Å²) in [4.78, 5) is 22.8. The van der Waals surface area contributed by atoms with E-state index in [-0.39, 0.29) is 11.6 Å². The number of benzene rings is 2. The fraction of sp³-hybridized carbons (Fsp3) is 0. The van der Waals surface area contributed by atoms with Gasteiger partial charge in [0.25, 0.3) is 11.6 Å². The normalized spacial score (nSPS) is 10.7. The number of hydrogen-bond acceptors (Lipinski definition) is 4. The monoisotopic (exact) mass is 345 g/mol. The van der Waals surface area contributed by atoms with Gasteiger partial charge in [-0.15, -0.1) is 0 Å². The second-order valence-corrected chi connectivity index (χ2v) is 5.28. The van der Waals surface area contributed by atoms with Crippen LogP contribution in [-0.4, -0.2) is 20.6 Å². The quantitative estimate of drug-likeness (QED) is 0.526. The SMILES string of the molecule is O=C(c1ccc(Br)cc1)n1ncc2ccc([N+](=O)[O-])cc21. The molecule has 2 aromatic carbocycles. The first-order chi connectivity index (χ1) is 10.1. The molecule has 0 N–H and O–H groups in total. The second kappa shape index (κ2) is 5.10. The molecule has 21 heavy (non-hydrogen) atoms. The number of non-ortho nitro benzene ring substituents is 1. The molecule has 0 bridgehead atoms. The van der Waals surface area contributed by atoms with Gasteiger partial charge >= 0.3 is 0 Å². The molecule has 0 fully saturated rings. The number of fused-ring (bicyclic) bond motifs is 1. The number of rotatable bonds is 2. The minimum atomic E-state index is -0.499. The van der Waals surface area contributed by atoms with Crippen molar-refractivity contribution >= 4 is 38.4 Å². The summed E-state index contributed by atoms with van der Waals surface area (Å²) in [7, 11) is 0. The lowest BCUT2D eigenvalue weighted by Gasteiger charge is -2.02. The summed E-state index contributed by atoms with van der Waals surface area (Å²) in [6, 6.07) is 11.1. The lowest BCUT2D eigenvalue weighted by molar-refractivity contribution is -0.384. The van der Waals surface area contributed by atoms with Crippen LogP contribution in [0.15, 0.2) is 53.1 Å². The molecule has 0 aliphatic heterocycles. The van der Waals surface area contributed by atoms with Crippen LogP contribution in [0.2, 0.25) is 0 Å². The number of hydrogen-bond donors (Lipinski definition) is 0. The molecule has 3 rings (SSSR count). The molecule has 0 amide bonds. The van der Waals surface area contributed by atoms with Crippen molar-refractivity contribution in [2.24, 2.45) is 0 Å². The standard InChI is InChI=1S/C14H8BrN3O3/c15-11-4-1-9(2-5-11)14(19)17-13-7-12(18(20)21)6-3-10(13)8-16-17/h1-8H. The molecule has 104 valence electrons. The Hall–Kier alpha value is -2.54. The highest BCUT2D eigenvalue weighted by Crippen LogP contribution is 2.21. The molecule has 0 spiro atoms. The number of carbonyl (C=O) groups is 1. The molecule has 1 heterocycles. The number of aromatic nitrogens is 2. The van der Waals surface area contributed by atoms with E-state index in [9.17, 15) is 14.9 Å². The van der Waals surface area contributed by atoms with E-state index >= 15 is 0 Å². The molecule has 1 aromatic heterocycles. The lowest BCUT2D eigenvalue weighted by Crippen LogP contribution is -2.13. The third-order valence-corrected chi connectivity index (χ3v) is 3.58. The Kier molecular flexibility index (Phi) is 3.26. The van der Waals surface area contributed by atoms with Crippen molar-refractivity contribution in [2.75, 3.05) is 0 Å². The molecule has 3 aromatic rings. The number of nitrogens with zero attached hydrogens (tertiary/aromatic N) is 3. The third kappa shape index (κ3) is 2.43. The van der Waals surface area contributed by atoms with Gasteiger partial charge in [-0.2, -0.15) is 9.78 Å². The first-order valence-electron chi connectivity index (χ1n) is 5.99. The zero-order chi connectivity index (χ0) is 15.0. The Labute approximate surface area is 127 Å². The summed E-state index contributed by atoms with van der Waals surface area (Å²) in [5, 5.41) is 15.5. The summed E-state index contributed by atoms with van der Waals surface area (Å²) in [5.74, 6) is -0.335. The predicted molar refractivity (Wildman–Crippen MR) is 80.3 cm³/mol. The molecule has 6 nitrogen and oxygen atoms in total. The molecular weight excluding hydrogens is 338 g/mol. The Morgan fingerprint density at radius 2 is 1.90 bits per heavy atom. The average Bonchev–Trinajstić information content (AvgIpc) is 2.90. The first-order valence-corrected chi connectivity index (χ1v) is 6.78. The molecule has 0 saturated carbocycles. The van der Waals surface area contributed by atoms with E-state index in [2.05, 4.69) is 21.0 Å². The smallest absolute Gasteiger partial charge is 0.267 e. The van der Waals surface area contributed by atoms with Crippen LogP contribution >= 0.6 is 15.9 Å². The Balaban J connectivity index is 2.11. The van der Waals surface area contributed by atoms with Gasteiger partial charge in [-0.25, -0.2) is 0 Å². The van der Waals surface area contributed by atoms with Gasteiger partial charge in [-0.1, -0.05) is 15.9 Å². The lowest BCUT2D eigenvalue weighted by atomic mass is 10.2. The molecule has 0 radical (unpaired) electrons. The highest BCUT2D eigenvalue weighted by atomic mass is 79.9. The topological polar surface area (TPSA) is 78.0 Å². The van der Waals surface area contributed by atoms with Crippen molar-refractivity contribution in [1.29, 1.82) is 0 Å². The van der Waals surface area contributed by atoms with Crippen LogP contribution in [-0.2, 0) is 0 Å². The van der Waals surface area contributed by atoms with Gasteiger partial charge < -0.3 is 0 Å². The molecule has 0 saturated heterocycles. The van der Waals surface area contributed by atoms with Crippen molar-refractivity contribution in [3.8, 4) is 0 Å². The van der Waals surface area contributed by atoms with E-state index in [0.717, 1.165) is 4.47 Å². The van der Waals surface area contributed by atoms with Crippen molar-refractivity contribution in [1.82, 2.24) is 9.78 Å². The maximum Gasteiger partial charge on any atom is 0.278 e. The van der Waals surface area contributed by atoms with E-state index < -0.39 is 4.92 Å². The number of nitro benzene ring substituents is 1. The summed E-state index contributed by atoms with van der Waals surface area (Å²) >= 11 is 3.30. The minimum Gasteiger partial charge on any atom is -0.267 e. The van der Waals surface area contributed by atoms with Gasteiger partial charge in [0.1, 0.15) is 0 Å². The molecule has 0 aliphatic carbocycles. The molecule has 0 aliphatic rings. The molecule has 0 atom stereocenters. The second-order valence-electron chi connectivity index (χ2n) is 4.37. The maximum absolute atomic E-state index is 12.4. The predicted octanol–water partition coefficient (Wildman–Crippen LogP) is 3.40. The van der Waals surface area contributed by atoms with E-state index in [1.165, 1.54) is 23.0 Å². The molecule has 7 heteroatoms. The molecular formula is C14H8BrN3O3. The van der Waals surface area contributed by atoms with Crippen LogP contribution in [0.1, 0.15) is 10.4 Å². The summed E-state index contributed by atoms with van der Waals surface area (Å²) in [6.07, 6.45) is 1.51. The van der Waals surface area contributed by atoms with Gasteiger partial charge in [0, 0.05) is 27.6 Å². The van der Waals surface area contributed by atoms with Crippen molar-refractivity contribution < 1.29 is 9.72 Å². The van der Waals surface area contributed by atoms with Gasteiger partial charge in [0.05, 0.1) is 16.6 Å². The van der Waals surface area contributed by atoms with Gasteiger partial charge in [-0.3, -0.25) is 14.9 Å². The van der Waals surface area contributed by atoms with Crippen LogP contribution in [0.4, 0.5) is 5.69 Å². The van der Waals surface area contributed by atoms with E-state index in [0.29, 0.717) is 16.5 Å². The van der Waals surface area contributed by atoms with Gasteiger partial charge in [0.15, 0.2) is 0 Å². The summed E-state index contributed by atoms with van der Waals surface area (Å²) in [5.41, 5.74) is 0.791. The Bertz CT molecular complexity index is 856. The average molecular weight is 346 g/mol. The van der Waals surface area contributed by atoms with E-state index in [4.69, 9.17) is 0 Å². The zero-order valence-corrected chi connectivity index (χ0v) is 12.1. The Morgan fingerprint density at radius 3 is 2.57 bits per heavy atom. The van der Waals surface area contributed by atoms with Crippen LogP contribution in [0.5, 0.6) is 0 Å². The van der Waals surface area contributed by atoms with Gasteiger partial charge in [-0.05, 0) is 30.3 Å².